The summed E-state index contributed by atoms with van der Waals surface area (Å²) in [6, 6.07) is 0. The van der Waals surface area contributed by atoms with E-state index in [2.05, 4.69) is 34.6 Å². The SMILES string of the molecule is CCCCCCCCCCCCCCCCCCCC(=O)O[C@H](COC(=O)CCCCCCCCCCCCCCCC)COP(=O)(O)OC[C@@H](O)COP(=O)(O)OC[C@@H](COC(=O)CCCCCCCCCC)OC(=O)CCCCCCCCCCC(C)CC. The van der Waals surface area contributed by atoms with Gasteiger partial charge in [0, 0.05) is 25.7 Å². The number of hydrogen-bond donors (Lipinski definition) is 3. The Morgan fingerprint density at radius 3 is 0.780 bits per heavy atom. The molecule has 540 valence electrons. The van der Waals surface area contributed by atoms with E-state index in [0.717, 1.165) is 102 Å². The smallest absolute Gasteiger partial charge is 0.462 e. The zero-order valence-corrected chi connectivity index (χ0v) is 60.8. The Morgan fingerprint density at radius 2 is 0.527 bits per heavy atom. The second-order valence-electron chi connectivity index (χ2n) is 26.2. The first kappa shape index (κ1) is 89.1. The van der Waals surface area contributed by atoms with Crippen molar-refractivity contribution < 1.29 is 80.2 Å². The first-order valence-electron chi connectivity index (χ1n) is 37.7. The van der Waals surface area contributed by atoms with Crippen molar-refractivity contribution in [2.45, 2.75) is 393 Å². The Bertz CT molecular complexity index is 1760. The van der Waals surface area contributed by atoms with Gasteiger partial charge in [-0.2, -0.15) is 0 Å². The van der Waals surface area contributed by atoms with E-state index in [1.54, 1.807) is 0 Å². The average Bonchev–Trinajstić information content (AvgIpc) is 3.68. The average molecular weight is 1340 g/mol. The molecule has 6 atom stereocenters. The van der Waals surface area contributed by atoms with Crippen molar-refractivity contribution >= 4 is 39.5 Å². The zero-order chi connectivity index (χ0) is 67.0. The summed E-state index contributed by atoms with van der Waals surface area (Å²) in [6.07, 6.45) is 52.7. The number of carbonyl (C=O) groups is 4. The molecular formula is C72H140O17P2. The highest BCUT2D eigenvalue weighted by Gasteiger charge is 2.30. The number of rotatable bonds is 72. The number of phosphoric ester groups is 2. The van der Waals surface area contributed by atoms with Gasteiger partial charge >= 0.3 is 39.5 Å². The third-order valence-electron chi connectivity index (χ3n) is 17.1. The number of aliphatic hydroxyl groups excluding tert-OH is 1. The molecule has 0 aromatic carbocycles. The molecule has 0 saturated heterocycles. The lowest BCUT2D eigenvalue weighted by Crippen LogP contribution is -2.30. The Morgan fingerprint density at radius 1 is 0.308 bits per heavy atom. The van der Waals surface area contributed by atoms with Gasteiger partial charge in [-0.05, 0) is 31.6 Å². The van der Waals surface area contributed by atoms with Gasteiger partial charge < -0.3 is 33.8 Å². The fraction of sp³-hybridized carbons (Fsp3) is 0.944. The molecule has 0 aromatic rings. The molecule has 0 fully saturated rings. The molecule has 19 heteroatoms. The summed E-state index contributed by atoms with van der Waals surface area (Å²) in [5.74, 6) is -1.35. The number of esters is 4. The summed E-state index contributed by atoms with van der Waals surface area (Å²) in [5.41, 5.74) is 0. The van der Waals surface area contributed by atoms with Gasteiger partial charge in [-0.25, -0.2) is 9.13 Å². The molecule has 0 radical (unpaired) electrons. The molecule has 0 aliphatic heterocycles. The molecule has 0 aromatic heterocycles. The van der Waals surface area contributed by atoms with Crippen LogP contribution in [0.25, 0.3) is 0 Å². The van der Waals surface area contributed by atoms with Gasteiger partial charge in [0.15, 0.2) is 12.2 Å². The highest BCUT2D eigenvalue weighted by atomic mass is 31.2. The van der Waals surface area contributed by atoms with Gasteiger partial charge in [-0.1, -0.05) is 324 Å². The summed E-state index contributed by atoms with van der Waals surface area (Å²) in [6.45, 7) is 7.24. The van der Waals surface area contributed by atoms with Crippen LogP contribution in [-0.4, -0.2) is 96.7 Å². The Kier molecular flexibility index (Phi) is 64.0. The zero-order valence-electron chi connectivity index (χ0n) is 59.0. The summed E-state index contributed by atoms with van der Waals surface area (Å²) >= 11 is 0. The van der Waals surface area contributed by atoms with Crippen molar-refractivity contribution in [3.8, 4) is 0 Å². The van der Waals surface area contributed by atoms with Gasteiger partial charge in [-0.3, -0.25) is 37.3 Å². The monoisotopic (exact) mass is 1340 g/mol. The van der Waals surface area contributed by atoms with E-state index in [1.807, 2.05) is 0 Å². The summed E-state index contributed by atoms with van der Waals surface area (Å²) in [5, 5.41) is 10.6. The van der Waals surface area contributed by atoms with Gasteiger partial charge in [0.1, 0.15) is 19.3 Å². The molecular weight excluding hydrogens is 1200 g/mol. The number of carbonyl (C=O) groups excluding carboxylic acids is 4. The second-order valence-corrected chi connectivity index (χ2v) is 29.1. The number of phosphoric acid groups is 2. The van der Waals surface area contributed by atoms with E-state index in [-0.39, 0.29) is 25.7 Å². The predicted octanol–water partition coefficient (Wildman–Crippen LogP) is 20.9. The molecule has 0 aliphatic rings. The molecule has 91 heavy (non-hydrogen) atoms. The molecule has 0 aliphatic carbocycles. The van der Waals surface area contributed by atoms with Gasteiger partial charge in [0.25, 0.3) is 0 Å². The van der Waals surface area contributed by atoms with Crippen LogP contribution in [0.5, 0.6) is 0 Å². The van der Waals surface area contributed by atoms with Crippen LogP contribution >= 0.6 is 15.6 Å². The molecule has 0 amide bonds. The minimum Gasteiger partial charge on any atom is -0.462 e. The van der Waals surface area contributed by atoms with Gasteiger partial charge in [0.2, 0.25) is 0 Å². The largest absolute Gasteiger partial charge is 0.472 e. The summed E-state index contributed by atoms with van der Waals surface area (Å²) in [7, 11) is -9.90. The molecule has 0 bridgehead atoms. The number of unbranched alkanes of at least 4 members (excludes halogenated alkanes) is 43. The third kappa shape index (κ3) is 65.1. The van der Waals surface area contributed by atoms with Crippen molar-refractivity contribution in [3.63, 3.8) is 0 Å². The van der Waals surface area contributed by atoms with Crippen LogP contribution in [0.2, 0.25) is 0 Å². The lowest BCUT2D eigenvalue weighted by molar-refractivity contribution is -0.161. The topological polar surface area (TPSA) is 237 Å². The van der Waals surface area contributed by atoms with Crippen molar-refractivity contribution in [1.82, 2.24) is 0 Å². The van der Waals surface area contributed by atoms with E-state index < -0.39 is 97.5 Å². The number of hydrogen-bond acceptors (Lipinski definition) is 15. The summed E-state index contributed by atoms with van der Waals surface area (Å²) in [4.78, 5) is 72.6. The maximum atomic E-state index is 13.0. The molecule has 0 heterocycles. The molecule has 3 unspecified atom stereocenters. The maximum absolute atomic E-state index is 13.0. The molecule has 0 saturated carbocycles. The van der Waals surface area contributed by atoms with Crippen LogP contribution in [0.1, 0.15) is 375 Å². The van der Waals surface area contributed by atoms with E-state index >= 15 is 0 Å². The van der Waals surface area contributed by atoms with Crippen LogP contribution in [0.3, 0.4) is 0 Å². The molecule has 3 N–H and O–H groups in total. The standard InChI is InChI=1S/C72H140O17P2/c1-6-10-13-16-19-22-24-26-28-29-30-32-34-36-42-47-52-57-71(76)88-68(62-83-70(75)56-51-46-41-35-33-31-27-25-23-20-17-14-11-7-2)64-87-91(80,81)85-60-66(73)59-84-90(78,79)86-63-67(61-82-69(74)55-50-45-40-21-18-15-12-8-3)89-72(77)58-53-48-43-38-37-39-44-49-54-65(5)9-4/h65-68,73H,6-64H2,1-5H3,(H,78,79)(H,80,81)/t65?,66-,67+,68+/m0/s1. The highest BCUT2D eigenvalue weighted by molar-refractivity contribution is 7.47. The van der Waals surface area contributed by atoms with E-state index in [4.69, 9.17) is 37.0 Å². The van der Waals surface area contributed by atoms with Crippen LogP contribution in [0, 0.1) is 5.92 Å². The Labute approximate surface area is 556 Å². The van der Waals surface area contributed by atoms with Crippen molar-refractivity contribution in [2.75, 3.05) is 39.6 Å². The molecule has 0 spiro atoms. The predicted molar refractivity (Wildman–Crippen MR) is 368 cm³/mol. The Balaban J connectivity index is 5.22. The minimum absolute atomic E-state index is 0.105. The number of ether oxygens (including phenoxy) is 4. The first-order valence-corrected chi connectivity index (χ1v) is 40.7. The fourth-order valence-corrected chi connectivity index (χ4v) is 12.5. The Hall–Kier alpha value is -1.94. The lowest BCUT2D eigenvalue weighted by atomic mass is 9.99. The maximum Gasteiger partial charge on any atom is 0.472 e. The molecule has 17 nitrogen and oxygen atoms in total. The van der Waals surface area contributed by atoms with Crippen molar-refractivity contribution in [1.29, 1.82) is 0 Å². The molecule has 0 rings (SSSR count). The van der Waals surface area contributed by atoms with Gasteiger partial charge in [-0.15, -0.1) is 0 Å². The quantitative estimate of drug-likeness (QED) is 0.0222. The van der Waals surface area contributed by atoms with Crippen molar-refractivity contribution in [3.05, 3.63) is 0 Å². The summed E-state index contributed by atoms with van der Waals surface area (Å²) < 4.78 is 68.3. The fourth-order valence-electron chi connectivity index (χ4n) is 11.0. The van der Waals surface area contributed by atoms with Gasteiger partial charge in [0.05, 0.1) is 26.4 Å². The van der Waals surface area contributed by atoms with E-state index in [0.29, 0.717) is 25.7 Å². The van der Waals surface area contributed by atoms with Crippen LogP contribution in [0.4, 0.5) is 0 Å². The lowest BCUT2D eigenvalue weighted by Gasteiger charge is -2.21. The third-order valence-corrected chi connectivity index (χ3v) is 19.0. The second kappa shape index (κ2) is 65.4. The van der Waals surface area contributed by atoms with Crippen LogP contribution < -0.4 is 0 Å². The highest BCUT2D eigenvalue weighted by Crippen LogP contribution is 2.45. The normalized spacial score (nSPS) is 14.3. The van der Waals surface area contributed by atoms with Crippen molar-refractivity contribution in [2.24, 2.45) is 5.92 Å². The van der Waals surface area contributed by atoms with Crippen LogP contribution in [-0.2, 0) is 65.4 Å². The van der Waals surface area contributed by atoms with Crippen LogP contribution in [0.15, 0.2) is 0 Å². The van der Waals surface area contributed by atoms with E-state index in [9.17, 15) is 43.2 Å². The van der Waals surface area contributed by atoms with E-state index in [1.165, 1.54) is 193 Å². The number of aliphatic hydroxyl groups is 1. The first-order chi connectivity index (χ1) is 44.1. The minimum atomic E-state index is -4.95.